The van der Waals surface area contributed by atoms with E-state index < -0.39 is 6.04 Å². The van der Waals surface area contributed by atoms with Gasteiger partial charge in [0.15, 0.2) is 0 Å². The summed E-state index contributed by atoms with van der Waals surface area (Å²) in [6, 6.07) is -0.775. The molecule has 10 heteroatoms. The van der Waals surface area contributed by atoms with Gasteiger partial charge in [0.25, 0.3) is 0 Å². The first kappa shape index (κ1) is 47.6. The van der Waals surface area contributed by atoms with Gasteiger partial charge in [0.1, 0.15) is 12.3 Å². The first-order valence-corrected chi connectivity index (χ1v) is 15.7. The van der Waals surface area contributed by atoms with E-state index in [1.807, 2.05) is 78.2 Å². The third-order valence-corrected chi connectivity index (χ3v) is 8.52. The van der Waals surface area contributed by atoms with E-state index in [0.717, 1.165) is 47.3 Å². The largest absolute Gasteiger partial charge is 0.358 e. The van der Waals surface area contributed by atoms with Gasteiger partial charge in [0.2, 0.25) is 11.8 Å². The van der Waals surface area contributed by atoms with Crippen molar-refractivity contribution in [2.24, 2.45) is 5.41 Å². The van der Waals surface area contributed by atoms with Crippen LogP contribution in [0, 0.1) is 27.2 Å². The van der Waals surface area contributed by atoms with E-state index in [9.17, 15) is 14.4 Å². The van der Waals surface area contributed by atoms with Crippen LogP contribution in [0.2, 0.25) is 0 Å². The van der Waals surface area contributed by atoms with Crippen molar-refractivity contribution in [2.75, 3.05) is 34.2 Å². The fourth-order valence-electron chi connectivity index (χ4n) is 4.71. The van der Waals surface area contributed by atoms with Crippen LogP contribution >= 0.6 is 11.3 Å². The zero-order valence-corrected chi connectivity index (χ0v) is 33.5. The molecule has 0 bridgehead atoms. The Morgan fingerprint density at radius 3 is 2.16 bits per heavy atom. The average molecular weight is 719 g/mol. The number of hydrogen-bond donors (Lipinski definition) is 2. The topological polar surface area (TPSA) is 94.6 Å². The van der Waals surface area contributed by atoms with E-state index in [2.05, 4.69) is 28.8 Å². The number of likely N-dealkylation sites (tertiary alicyclic amines) is 1. The molecule has 2 amide bonds. The maximum absolute atomic E-state index is 13.1. The molecule has 0 aromatic carbocycles. The van der Waals surface area contributed by atoms with Gasteiger partial charge in [0.05, 0.1) is 27.7 Å². The van der Waals surface area contributed by atoms with Gasteiger partial charge in [-0.15, -0.1) is 11.3 Å². The second-order valence-electron chi connectivity index (χ2n) is 11.6. The smallest absolute Gasteiger partial charge is 0.243 e. The molecule has 45 heavy (non-hydrogen) atoms. The number of allylic oxidation sites excluding steroid dienone is 4. The number of thiazole rings is 1. The van der Waals surface area contributed by atoms with E-state index in [-0.39, 0.29) is 76.4 Å². The van der Waals surface area contributed by atoms with Crippen molar-refractivity contribution in [2.45, 2.75) is 84.8 Å². The quantitative estimate of drug-likeness (QED) is 0.164. The third kappa shape index (κ3) is 13.9. The number of nitrogens with one attached hydrogen (secondary N) is 2. The van der Waals surface area contributed by atoms with Crippen LogP contribution in [-0.4, -0.2) is 84.7 Å². The number of rotatable bonds is 11. The molecule has 2 aliphatic rings. The number of aromatic nitrogens is 1. The van der Waals surface area contributed by atoms with Gasteiger partial charge < -0.3 is 35.2 Å². The van der Waals surface area contributed by atoms with Gasteiger partial charge in [-0.3, -0.25) is 14.5 Å². The van der Waals surface area contributed by atoms with Crippen molar-refractivity contribution in [3.8, 4) is 0 Å². The molecule has 0 spiro atoms. The first-order valence-electron chi connectivity index (χ1n) is 14.8. The number of carbonyl (C=O) groups is 3. The Hall–Kier alpha value is -1.78. The Kier molecular flexibility index (Phi) is 24.0. The molecule has 1 aliphatic heterocycles. The normalized spacial score (nSPS) is 17.4. The predicted molar refractivity (Wildman–Crippen MR) is 189 cm³/mol. The van der Waals surface area contributed by atoms with Crippen LogP contribution in [0.3, 0.4) is 0 Å². The second-order valence-corrected chi connectivity index (χ2v) is 12.5. The monoisotopic (exact) mass is 718 g/mol. The fraction of sp³-hybridized carbons (Fsp3) is 0.543. The number of nitrogens with zero attached hydrogens (tertiary/aromatic N) is 3. The number of aldehydes is 1. The SMILES string of the molecule is C=C/C(=C\C=C(/C=C)c1scnc1C)CNC(=O)[C@@H]1CCCN1C(=O)[C@@H](NC)C(C)(C)C.CC.CN(C)C1(C=O)CC1.[CH3-].[CH3-].[Y]. The Morgan fingerprint density at radius 1 is 1.18 bits per heavy atom. The minimum absolute atomic E-state index is 0. The molecule has 0 unspecified atom stereocenters. The summed E-state index contributed by atoms with van der Waals surface area (Å²) >= 11 is 1.57. The van der Waals surface area contributed by atoms with Crippen LogP contribution in [0.4, 0.5) is 0 Å². The summed E-state index contributed by atoms with van der Waals surface area (Å²) in [5.74, 6) is -0.144. The molecular formula is C35H59N5O3SY-2. The van der Waals surface area contributed by atoms with Gasteiger partial charge in [-0.2, -0.15) is 0 Å². The summed E-state index contributed by atoms with van der Waals surface area (Å²) in [4.78, 5) is 45.4. The summed E-state index contributed by atoms with van der Waals surface area (Å²) < 4.78 is 0. The maximum atomic E-state index is 13.1. The molecule has 1 aliphatic carbocycles. The van der Waals surface area contributed by atoms with E-state index in [0.29, 0.717) is 19.5 Å². The van der Waals surface area contributed by atoms with Crippen LogP contribution < -0.4 is 10.6 Å². The van der Waals surface area contributed by atoms with Crippen LogP contribution in [0.5, 0.6) is 0 Å². The minimum Gasteiger partial charge on any atom is -0.358 e. The number of likely N-dealkylation sites (N-methyl/N-ethyl adjacent to an activating group) is 2. The summed E-state index contributed by atoms with van der Waals surface area (Å²) in [6.07, 6.45) is 12.1. The molecule has 1 aromatic heterocycles. The van der Waals surface area contributed by atoms with E-state index in [1.165, 1.54) is 0 Å². The summed E-state index contributed by atoms with van der Waals surface area (Å²) in [5.41, 5.74) is 4.33. The van der Waals surface area contributed by atoms with Crippen molar-refractivity contribution in [1.82, 2.24) is 25.4 Å². The molecule has 3 rings (SSSR count). The van der Waals surface area contributed by atoms with E-state index >= 15 is 0 Å². The van der Waals surface area contributed by atoms with Crippen LogP contribution in [-0.2, 0) is 47.1 Å². The number of carbonyl (C=O) groups excluding carboxylic acids is 3. The number of aryl methyl sites for hydroxylation is 1. The van der Waals surface area contributed by atoms with Crippen LogP contribution in [0.25, 0.3) is 5.57 Å². The van der Waals surface area contributed by atoms with Crippen LogP contribution in [0.1, 0.15) is 70.9 Å². The van der Waals surface area contributed by atoms with E-state index in [4.69, 9.17) is 0 Å². The van der Waals surface area contributed by atoms with Crippen molar-refractivity contribution in [3.05, 3.63) is 74.0 Å². The molecule has 1 saturated carbocycles. The first-order chi connectivity index (χ1) is 19.8. The zero-order chi connectivity index (χ0) is 32.1. The van der Waals surface area contributed by atoms with Crippen molar-refractivity contribution < 1.29 is 47.1 Å². The van der Waals surface area contributed by atoms with Crippen LogP contribution in [0.15, 0.2) is 48.5 Å². The Balaban J connectivity index is -0.00000117. The zero-order valence-electron chi connectivity index (χ0n) is 29.8. The van der Waals surface area contributed by atoms with Gasteiger partial charge in [-0.1, -0.05) is 72.1 Å². The molecule has 1 radical (unpaired) electrons. The van der Waals surface area contributed by atoms with Crippen molar-refractivity contribution in [3.63, 3.8) is 0 Å². The Bertz CT molecular complexity index is 1130. The molecule has 2 heterocycles. The molecule has 2 atom stereocenters. The number of hydrogen-bond acceptors (Lipinski definition) is 7. The van der Waals surface area contributed by atoms with Gasteiger partial charge in [-0.05, 0) is 70.3 Å². The van der Waals surface area contributed by atoms with E-state index in [1.54, 1.807) is 35.4 Å². The molecule has 1 aromatic rings. The predicted octanol–water partition coefficient (Wildman–Crippen LogP) is 6.08. The molecule has 8 nitrogen and oxygen atoms in total. The fourth-order valence-corrected chi connectivity index (χ4v) is 5.54. The van der Waals surface area contributed by atoms with Gasteiger partial charge in [0, 0.05) is 45.8 Å². The van der Waals surface area contributed by atoms with Crippen molar-refractivity contribution >= 4 is 35.0 Å². The molecule has 253 valence electrons. The second kappa shape index (κ2) is 22.7. The summed E-state index contributed by atoms with van der Waals surface area (Å²) in [7, 11) is 5.68. The standard InChI is InChI=1S/C25H36N4O2S.C6H11NO.C2H6.2CH3.Y/c1-8-18(12-13-19(9-2)21-17(3)28-16-32-21)15-27-23(30)20-11-10-14-29(20)24(31)22(26-7)25(4,5)6;1-7(2)6(5-8)3-4-6;1-2;;;/h8-9,12-13,16,20,22,26H,1-2,10-11,14-15H2,3-7H3,(H,27,30);5H,3-4H2,1-2H3;1-2H3;2*1H3;/q;;;2*-1;/b18-12+,19-13+;;;;;/t20-,22+;;;;;/m0...../s1. The molecule has 2 fully saturated rings. The summed E-state index contributed by atoms with van der Waals surface area (Å²) in [6.45, 7) is 20.8. The third-order valence-electron chi connectivity index (χ3n) is 7.55. The maximum Gasteiger partial charge on any atom is 0.243 e. The molecule has 1 saturated heterocycles. The van der Waals surface area contributed by atoms with Crippen molar-refractivity contribution in [1.29, 1.82) is 0 Å². The number of amides is 2. The molecule has 2 N–H and O–H groups in total. The van der Waals surface area contributed by atoms with Gasteiger partial charge >= 0.3 is 0 Å². The average Bonchev–Trinajstić information content (AvgIpc) is 3.41. The summed E-state index contributed by atoms with van der Waals surface area (Å²) in [5, 5.41) is 6.11. The Labute approximate surface area is 304 Å². The minimum atomic E-state index is -0.439. The van der Waals surface area contributed by atoms with Gasteiger partial charge in [-0.25, -0.2) is 4.98 Å². The Morgan fingerprint density at radius 2 is 1.78 bits per heavy atom. The molecular weight excluding hydrogens is 659 g/mol.